The fourth-order valence-electron chi connectivity index (χ4n) is 5.66. The minimum absolute atomic E-state index is 0.0185. The van der Waals surface area contributed by atoms with Gasteiger partial charge in [-0.3, -0.25) is 29.3 Å². The van der Waals surface area contributed by atoms with Crippen LogP contribution in [0.4, 0.5) is 16.2 Å². The highest BCUT2D eigenvalue weighted by molar-refractivity contribution is 9.11. The third-order valence-electron chi connectivity index (χ3n) is 8.25. The minimum Gasteiger partial charge on any atom is -0.369 e. The highest BCUT2D eigenvalue weighted by Crippen LogP contribution is 2.37. The molecule has 0 aliphatic carbocycles. The zero-order valence-electron chi connectivity index (χ0n) is 26.8. The van der Waals surface area contributed by atoms with Gasteiger partial charge in [-0.1, -0.05) is 30.0 Å². The van der Waals surface area contributed by atoms with Crippen LogP contribution in [-0.2, 0) is 14.4 Å². The molecule has 0 bridgehead atoms. The molecule has 47 heavy (non-hydrogen) atoms. The predicted octanol–water partition coefficient (Wildman–Crippen LogP) is 5.53. The lowest BCUT2D eigenvalue weighted by molar-refractivity contribution is -0.120. The summed E-state index contributed by atoms with van der Waals surface area (Å²) in [4.78, 5) is 64.2. The van der Waals surface area contributed by atoms with E-state index in [4.69, 9.17) is 0 Å². The van der Waals surface area contributed by atoms with Crippen LogP contribution in [-0.4, -0.2) is 110 Å². The van der Waals surface area contributed by atoms with E-state index in [0.29, 0.717) is 22.7 Å². The van der Waals surface area contributed by atoms with Gasteiger partial charge in [0.05, 0.1) is 28.5 Å². The summed E-state index contributed by atoms with van der Waals surface area (Å²) in [6.07, 6.45) is 5.15. The summed E-state index contributed by atoms with van der Waals surface area (Å²) in [5.41, 5.74) is 3.83. The summed E-state index contributed by atoms with van der Waals surface area (Å²) < 4.78 is 2.00. The topological polar surface area (TPSA) is 110 Å². The van der Waals surface area contributed by atoms with Crippen molar-refractivity contribution in [3.63, 3.8) is 0 Å². The molecule has 4 heterocycles. The first-order valence-corrected chi connectivity index (χ1v) is 18.5. The SMILES string of the molecule is CN(C)[C@H]1CCN(c2c(Br)cccc2/C=C2\SC(=O)NC2=O)C1.CN(C)[C@H]1CCN(c2c(Br)cccc2C=O)C1.O=C1CSC(=O)C1. The molecule has 2 atom stereocenters. The average molecular weight is 810 g/mol. The second-order valence-electron chi connectivity index (χ2n) is 11.9. The molecule has 0 spiro atoms. The Labute approximate surface area is 301 Å². The van der Waals surface area contributed by atoms with Gasteiger partial charge in [0, 0.05) is 58.3 Å². The second-order valence-corrected chi connectivity index (χ2v) is 15.7. The number of aldehydes is 1. The Bertz CT molecular complexity index is 1540. The van der Waals surface area contributed by atoms with E-state index in [1.165, 1.54) is 0 Å². The van der Waals surface area contributed by atoms with Crippen molar-refractivity contribution in [2.45, 2.75) is 31.3 Å². The van der Waals surface area contributed by atoms with Gasteiger partial charge in [-0.05, 0) is 109 Å². The predicted molar refractivity (Wildman–Crippen MR) is 198 cm³/mol. The molecule has 14 heteroatoms. The Kier molecular flexibility index (Phi) is 13.7. The van der Waals surface area contributed by atoms with Crippen LogP contribution < -0.4 is 15.1 Å². The van der Waals surface area contributed by atoms with Gasteiger partial charge < -0.3 is 19.6 Å². The van der Waals surface area contributed by atoms with Crippen LogP contribution in [0.15, 0.2) is 50.2 Å². The van der Waals surface area contributed by atoms with Crippen molar-refractivity contribution in [3.05, 3.63) is 61.4 Å². The number of hydrogen-bond acceptors (Lipinski definition) is 11. The molecule has 2 aromatic rings. The minimum atomic E-state index is -0.321. The number of imide groups is 1. The Morgan fingerprint density at radius 1 is 0.830 bits per heavy atom. The molecule has 4 aliphatic heterocycles. The number of anilines is 2. The lowest BCUT2D eigenvalue weighted by atomic mass is 10.1. The summed E-state index contributed by atoms with van der Waals surface area (Å²) in [6.45, 7) is 3.91. The van der Waals surface area contributed by atoms with Crippen molar-refractivity contribution in [2.24, 2.45) is 0 Å². The van der Waals surface area contributed by atoms with E-state index in [1.54, 1.807) is 6.08 Å². The molecule has 6 rings (SSSR count). The van der Waals surface area contributed by atoms with Crippen molar-refractivity contribution < 1.29 is 24.0 Å². The van der Waals surface area contributed by atoms with E-state index < -0.39 is 0 Å². The van der Waals surface area contributed by atoms with Crippen LogP contribution in [0.3, 0.4) is 0 Å². The molecule has 1 N–H and O–H groups in total. The number of halogens is 2. The fraction of sp³-hybridized carbons (Fsp3) is 0.424. The normalized spacial score (nSPS) is 21.7. The molecule has 4 fully saturated rings. The van der Waals surface area contributed by atoms with Gasteiger partial charge in [0.2, 0.25) is 0 Å². The van der Waals surface area contributed by atoms with Gasteiger partial charge in [-0.25, -0.2) is 0 Å². The number of nitrogens with zero attached hydrogens (tertiary/aromatic N) is 4. The van der Waals surface area contributed by atoms with E-state index in [0.717, 1.165) is 100 Å². The van der Waals surface area contributed by atoms with Gasteiger partial charge in [0.25, 0.3) is 11.1 Å². The number of para-hydroxylation sites is 2. The maximum atomic E-state index is 11.8. The highest BCUT2D eigenvalue weighted by atomic mass is 79.9. The monoisotopic (exact) mass is 807 g/mol. The number of carbonyl (C=O) groups is 5. The highest BCUT2D eigenvalue weighted by Gasteiger charge is 2.29. The van der Waals surface area contributed by atoms with Gasteiger partial charge >= 0.3 is 0 Å². The molecule has 4 aliphatic rings. The van der Waals surface area contributed by atoms with Crippen molar-refractivity contribution in [1.29, 1.82) is 0 Å². The van der Waals surface area contributed by atoms with Crippen molar-refractivity contribution in [1.82, 2.24) is 15.1 Å². The maximum absolute atomic E-state index is 11.8. The Balaban J connectivity index is 0.000000182. The molecule has 2 aromatic carbocycles. The summed E-state index contributed by atoms with van der Waals surface area (Å²) in [6, 6.07) is 12.8. The smallest absolute Gasteiger partial charge is 0.290 e. The number of likely N-dealkylation sites (N-methyl/N-ethyl adjacent to an activating group) is 2. The summed E-state index contributed by atoms with van der Waals surface area (Å²) in [5, 5.41) is 2.00. The fourth-order valence-corrected chi connectivity index (χ4v) is 8.29. The van der Waals surface area contributed by atoms with E-state index in [1.807, 2.05) is 36.4 Å². The largest absolute Gasteiger partial charge is 0.369 e. The number of benzene rings is 2. The second kappa shape index (κ2) is 17.3. The molecule has 0 unspecified atom stereocenters. The summed E-state index contributed by atoms with van der Waals surface area (Å²) in [7, 11) is 8.41. The molecule has 252 valence electrons. The molecule has 4 saturated heterocycles. The Hall–Kier alpha value is -2.49. The van der Waals surface area contributed by atoms with Crippen LogP contribution in [0.25, 0.3) is 6.08 Å². The van der Waals surface area contributed by atoms with Crippen LogP contribution in [0, 0.1) is 0 Å². The standard InChI is InChI=1S/C16H18BrN3O2S.C13H17BrN2O.C4H4O2S/c1-19(2)11-6-7-20(9-11)14-10(4-3-5-12(14)17)8-13-15(21)18-16(22)23-13;1-15(2)11-6-7-16(8-11)13-10(9-17)4-3-5-12(13)14;5-3-1-4(6)7-2-3/h3-5,8,11H,6-7,9H2,1-2H3,(H,18,21,22);3-5,9,11H,6-8H2,1-2H3;1-2H2/b13-8-;;/t2*11-;/m00./s1. The summed E-state index contributed by atoms with van der Waals surface area (Å²) >= 11 is 9.24. The number of nitrogens with one attached hydrogen (secondary N) is 1. The quantitative estimate of drug-likeness (QED) is 0.226. The Morgan fingerprint density at radius 2 is 1.36 bits per heavy atom. The van der Waals surface area contributed by atoms with Crippen molar-refractivity contribution in [2.75, 3.05) is 69.9 Å². The van der Waals surface area contributed by atoms with E-state index in [9.17, 15) is 24.0 Å². The third kappa shape index (κ3) is 10.0. The van der Waals surface area contributed by atoms with Crippen molar-refractivity contribution >= 4 is 101 Å². The zero-order valence-corrected chi connectivity index (χ0v) is 31.6. The van der Waals surface area contributed by atoms with Crippen molar-refractivity contribution in [3.8, 4) is 0 Å². The Morgan fingerprint density at radius 3 is 1.74 bits per heavy atom. The van der Waals surface area contributed by atoms with Crippen LogP contribution in [0.2, 0.25) is 0 Å². The van der Waals surface area contributed by atoms with E-state index in [-0.39, 0.29) is 28.5 Å². The maximum Gasteiger partial charge on any atom is 0.290 e. The number of Topliss-reactive ketones (excluding diaryl/α,β-unsaturated/α-hetero) is 1. The van der Waals surface area contributed by atoms with Gasteiger partial charge in [0.15, 0.2) is 17.2 Å². The lowest BCUT2D eigenvalue weighted by Gasteiger charge is -2.24. The number of hydrogen-bond donors (Lipinski definition) is 1. The van der Waals surface area contributed by atoms with Gasteiger partial charge in [-0.15, -0.1) is 0 Å². The molecule has 0 radical (unpaired) electrons. The molecule has 0 saturated carbocycles. The molecular weight excluding hydrogens is 770 g/mol. The van der Waals surface area contributed by atoms with Crippen LogP contribution >= 0.6 is 55.4 Å². The number of rotatable bonds is 6. The van der Waals surface area contributed by atoms with E-state index >= 15 is 0 Å². The first kappa shape index (κ1) is 37.3. The number of thioether (sulfide) groups is 2. The third-order valence-corrected chi connectivity index (χ3v) is 11.3. The zero-order chi connectivity index (χ0) is 34.2. The average Bonchev–Trinajstić information content (AvgIpc) is 3.83. The number of ketones is 1. The molecule has 0 aromatic heterocycles. The van der Waals surface area contributed by atoms with Gasteiger partial charge in [-0.2, -0.15) is 0 Å². The van der Waals surface area contributed by atoms with Gasteiger partial charge in [0.1, 0.15) is 0 Å². The van der Waals surface area contributed by atoms with Crippen LogP contribution in [0.5, 0.6) is 0 Å². The number of amides is 2. The lowest BCUT2D eigenvalue weighted by Crippen LogP contribution is -2.31. The molecule has 10 nitrogen and oxygen atoms in total. The molecule has 2 amide bonds. The number of carbonyl (C=O) groups excluding carboxylic acids is 5. The summed E-state index contributed by atoms with van der Waals surface area (Å²) in [5.74, 6) is 0.146. The van der Waals surface area contributed by atoms with Crippen LogP contribution in [0.1, 0.15) is 35.2 Å². The first-order valence-electron chi connectivity index (χ1n) is 15.1. The van der Waals surface area contributed by atoms with E-state index in [2.05, 4.69) is 85.0 Å². The first-order chi connectivity index (χ1) is 22.4. The molecular formula is C33H39Br2N5O5S2.